The molecule has 0 spiro atoms. The van der Waals surface area contributed by atoms with E-state index in [0.29, 0.717) is 27.6 Å². The summed E-state index contributed by atoms with van der Waals surface area (Å²) in [5.41, 5.74) is 4.23. The lowest BCUT2D eigenvalue weighted by molar-refractivity contribution is -0.120. The number of hydrazone groups is 1. The van der Waals surface area contributed by atoms with Gasteiger partial charge in [-0.3, -0.25) is 9.59 Å². The maximum absolute atomic E-state index is 12.3. The van der Waals surface area contributed by atoms with Crippen molar-refractivity contribution in [3.63, 3.8) is 0 Å². The molecule has 0 aliphatic carbocycles. The molecule has 0 atom stereocenters. The minimum absolute atomic E-state index is 0.247. The van der Waals surface area contributed by atoms with E-state index < -0.39 is 11.8 Å². The van der Waals surface area contributed by atoms with Gasteiger partial charge in [-0.05, 0) is 36.4 Å². The first-order valence-electron chi connectivity index (χ1n) is 9.87. The first-order chi connectivity index (χ1) is 16.0. The Morgan fingerprint density at radius 2 is 1.82 bits per heavy atom. The average molecular weight is 531 g/mol. The van der Waals surface area contributed by atoms with E-state index in [-0.39, 0.29) is 13.2 Å². The summed E-state index contributed by atoms with van der Waals surface area (Å²) in [4.78, 5) is 24.4. The number of amides is 2. The molecule has 0 bridgehead atoms. The van der Waals surface area contributed by atoms with Crippen LogP contribution in [-0.4, -0.2) is 31.7 Å². The lowest BCUT2D eigenvalue weighted by Crippen LogP contribution is -2.35. The van der Waals surface area contributed by atoms with E-state index in [0.717, 1.165) is 10.0 Å². The third kappa shape index (κ3) is 7.06. The lowest BCUT2D eigenvalue weighted by Gasteiger charge is -2.11. The van der Waals surface area contributed by atoms with Crippen molar-refractivity contribution < 1.29 is 19.1 Å². The highest BCUT2D eigenvalue weighted by Gasteiger charge is 2.12. The van der Waals surface area contributed by atoms with Crippen molar-refractivity contribution >= 4 is 45.6 Å². The molecule has 3 rings (SSSR count). The van der Waals surface area contributed by atoms with Gasteiger partial charge in [0, 0.05) is 20.6 Å². The van der Waals surface area contributed by atoms with Gasteiger partial charge >= 0.3 is 0 Å². The van der Waals surface area contributed by atoms with Crippen LogP contribution in [0, 0.1) is 0 Å². The smallest absolute Gasteiger partial charge is 0.259 e. The summed E-state index contributed by atoms with van der Waals surface area (Å²) in [6.07, 6.45) is 1.46. The first-order valence-corrected chi connectivity index (χ1v) is 11.0. The van der Waals surface area contributed by atoms with Gasteiger partial charge in [-0.15, -0.1) is 0 Å². The number of ether oxygens (including phenoxy) is 2. The molecule has 7 nitrogen and oxygen atoms in total. The van der Waals surface area contributed by atoms with Crippen molar-refractivity contribution in [2.45, 2.75) is 6.61 Å². The van der Waals surface area contributed by atoms with Crippen LogP contribution in [0.4, 0.5) is 0 Å². The molecule has 0 fully saturated rings. The number of benzene rings is 3. The summed E-state index contributed by atoms with van der Waals surface area (Å²) < 4.78 is 11.9. The minimum atomic E-state index is -0.483. The van der Waals surface area contributed by atoms with Gasteiger partial charge in [0.1, 0.15) is 18.1 Å². The Hall–Kier alpha value is -3.36. The zero-order chi connectivity index (χ0) is 23.6. The predicted molar refractivity (Wildman–Crippen MR) is 131 cm³/mol. The van der Waals surface area contributed by atoms with Crippen LogP contribution < -0.4 is 20.2 Å². The van der Waals surface area contributed by atoms with Crippen LogP contribution in [0.2, 0.25) is 5.02 Å². The highest BCUT2D eigenvalue weighted by atomic mass is 79.9. The molecule has 3 aromatic rings. The summed E-state index contributed by atoms with van der Waals surface area (Å²) in [5, 5.41) is 7.13. The zero-order valence-electron chi connectivity index (χ0n) is 17.7. The van der Waals surface area contributed by atoms with Crippen molar-refractivity contribution in [3.8, 4) is 11.5 Å². The molecule has 0 heterocycles. The number of methoxy groups -OCH3 is 1. The molecule has 2 N–H and O–H groups in total. The second-order valence-electron chi connectivity index (χ2n) is 6.74. The Balaban J connectivity index is 1.57. The number of hydrogen-bond acceptors (Lipinski definition) is 5. The Bertz CT molecular complexity index is 1170. The molecule has 9 heteroatoms. The maximum Gasteiger partial charge on any atom is 0.259 e. The van der Waals surface area contributed by atoms with Crippen molar-refractivity contribution in [2.75, 3.05) is 13.7 Å². The van der Waals surface area contributed by atoms with E-state index in [9.17, 15) is 9.59 Å². The van der Waals surface area contributed by atoms with E-state index in [4.69, 9.17) is 21.1 Å². The van der Waals surface area contributed by atoms with Gasteiger partial charge in [-0.25, -0.2) is 5.43 Å². The van der Waals surface area contributed by atoms with E-state index in [1.807, 2.05) is 24.3 Å². The van der Waals surface area contributed by atoms with Crippen molar-refractivity contribution in [3.05, 3.63) is 92.9 Å². The van der Waals surface area contributed by atoms with Crippen LogP contribution in [0.1, 0.15) is 21.5 Å². The van der Waals surface area contributed by atoms with Crippen LogP contribution in [0.3, 0.4) is 0 Å². The SMILES string of the molecule is COc1ccccc1C(=O)NCC(=O)NN=Cc1cc(Br)ccc1OCc1ccccc1Cl. The number of carbonyl (C=O) groups excluding carboxylic acids is 2. The third-order valence-corrected chi connectivity index (χ3v) is 5.33. The predicted octanol–water partition coefficient (Wildman–Crippen LogP) is 4.57. The van der Waals surface area contributed by atoms with E-state index in [2.05, 4.69) is 31.8 Å². The second-order valence-corrected chi connectivity index (χ2v) is 8.06. The van der Waals surface area contributed by atoms with Crippen LogP contribution in [0.15, 0.2) is 76.3 Å². The summed E-state index contributed by atoms with van der Waals surface area (Å²) in [5.74, 6) is 0.0878. The molecule has 33 heavy (non-hydrogen) atoms. The second kappa shape index (κ2) is 12.0. The molecule has 0 aliphatic rings. The van der Waals surface area contributed by atoms with E-state index in [1.165, 1.54) is 13.3 Å². The van der Waals surface area contributed by atoms with E-state index >= 15 is 0 Å². The Kier molecular flexibility index (Phi) is 8.86. The molecule has 170 valence electrons. The van der Waals surface area contributed by atoms with E-state index in [1.54, 1.807) is 42.5 Å². The highest BCUT2D eigenvalue weighted by molar-refractivity contribution is 9.10. The van der Waals surface area contributed by atoms with Gasteiger partial charge in [0.25, 0.3) is 11.8 Å². The van der Waals surface area contributed by atoms with Crippen LogP contribution in [0.25, 0.3) is 0 Å². The fraction of sp³-hybridized carbons (Fsp3) is 0.125. The van der Waals surface area contributed by atoms with Gasteiger partial charge in [-0.1, -0.05) is 57.9 Å². The van der Waals surface area contributed by atoms with Gasteiger partial charge in [0.2, 0.25) is 0 Å². The fourth-order valence-electron chi connectivity index (χ4n) is 2.82. The van der Waals surface area contributed by atoms with Crippen LogP contribution in [0.5, 0.6) is 11.5 Å². The first kappa shape index (κ1) is 24.3. The van der Waals surface area contributed by atoms with Crippen LogP contribution >= 0.6 is 27.5 Å². The molecule has 0 aromatic heterocycles. The largest absolute Gasteiger partial charge is 0.496 e. The molecule has 3 aromatic carbocycles. The number of nitrogens with zero attached hydrogens (tertiary/aromatic N) is 1. The summed E-state index contributed by atoms with van der Waals surface area (Å²) in [6, 6.07) is 19.6. The molecule has 0 aliphatic heterocycles. The maximum atomic E-state index is 12.3. The Labute approximate surface area is 204 Å². The summed E-state index contributed by atoms with van der Waals surface area (Å²) in [6.45, 7) is 0.0338. The summed E-state index contributed by atoms with van der Waals surface area (Å²) >= 11 is 9.60. The number of halogens is 2. The molecule has 0 saturated heterocycles. The van der Waals surface area contributed by atoms with Crippen molar-refractivity contribution in [1.29, 1.82) is 0 Å². The average Bonchev–Trinajstić information content (AvgIpc) is 2.83. The Morgan fingerprint density at radius 3 is 2.61 bits per heavy atom. The monoisotopic (exact) mass is 529 g/mol. The number of nitrogens with one attached hydrogen (secondary N) is 2. The standard InChI is InChI=1S/C24H21BrClN3O4/c1-32-22-9-5-3-7-19(22)24(31)27-14-23(30)29-28-13-17-12-18(25)10-11-21(17)33-15-16-6-2-4-8-20(16)26/h2-13H,14-15H2,1H3,(H,27,31)(H,29,30). The van der Waals surface area contributed by atoms with Gasteiger partial charge in [0.05, 0.1) is 25.4 Å². The fourth-order valence-corrected chi connectivity index (χ4v) is 3.39. The molecule has 0 saturated carbocycles. The Morgan fingerprint density at radius 1 is 1.06 bits per heavy atom. The molecule has 0 radical (unpaired) electrons. The quantitative estimate of drug-likeness (QED) is 0.313. The highest BCUT2D eigenvalue weighted by Crippen LogP contribution is 2.24. The molecule has 0 unspecified atom stereocenters. The van der Waals surface area contributed by atoms with Crippen molar-refractivity contribution in [1.82, 2.24) is 10.7 Å². The lowest BCUT2D eigenvalue weighted by atomic mass is 10.2. The topological polar surface area (TPSA) is 89.0 Å². The summed E-state index contributed by atoms with van der Waals surface area (Å²) in [7, 11) is 1.47. The third-order valence-electron chi connectivity index (χ3n) is 4.47. The van der Waals surface area contributed by atoms with Gasteiger partial charge in [-0.2, -0.15) is 5.10 Å². The number of para-hydroxylation sites is 1. The zero-order valence-corrected chi connectivity index (χ0v) is 20.0. The number of carbonyl (C=O) groups is 2. The molecular formula is C24H21BrClN3O4. The number of rotatable bonds is 9. The minimum Gasteiger partial charge on any atom is -0.496 e. The van der Waals surface area contributed by atoms with Crippen molar-refractivity contribution in [2.24, 2.45) is 5.10 Å². The van der Waals surface area contributed by atoms with Gasteiger partial charge < -0.3 is 14.8 Å². The van der Waals surface area contributed by atoms with Gasteiger partial charge in [0.15, 0.2) is 0 Å². The molecule has 2 amide bonds. The molecular weight excluding hydrogens is 510 g/mol. The number of hydrogen-bond donors (Lipinski definition) is 2. The normalized spacial score (nSPS) is 10.6. The van der Waals surface area contributed by atoms with Crippen LogP contribution in [-0.2, 0) is 11.4 Å².